The average molecular weight is 314 g/mol. The van der Waals surface area contributed by atoms with Crippen LogP contribution in [0, 0.1) is 6.92 Å². The maximum absolute atomic E-state index is 13.0. The standard InChI is InChI=1S/C18H22N2O3/c1-11(2)17-19-12(3)16(23-17)18(21)20-10-14(22-4)9-13-7-5-6-8-15(13)20/h5-8,11,14H,9-10H2,1-4H3/t14-/m1/s1. The van der Waals surface area contributed by atoms with Crippen LogP contribution in [0.15, 0.2) is 28.7 Å². The van der Waals surface area contributed by atoms with E-state index in [2.05, 4.69) is 4.98 Å². The lowest BCUT2D eigenvalue weighted by molar-refractivity contribution is 0.0849. The first-order valence-corrected chi connectivity index (χ1v) is 7.91. The molecule has 2 aromatic rings. The van der Waals surface area contributed by atoms with E-state index in [4.69, 9.17) is 9.15 Å². The molecule has 0 saturated carbocycles. The predicted molar refractivity (Wildman–Crippen MR) is 87.9 cm³/mol. The third-order valence-corrected chi connectivity index (χ3v) is 4.20. The van der Waals surface area contributed by atoms with E-state index in [0.717, 1.165) is 17.7 Å². The molecule has 2 heterocycles. The van der Waals surface area contributed by atoms with E-state index in [1.165, 1.54) is 0 Å². The van der Waals surface area contributed by atoms with Gasteiger partial charge in [-0.3, -0.25) is 4.79 Å². The quantitative estimate of drug-likeness (QED) is 0.872. The zero-order chi connectivity index (χ0) is 16.6. The first kappa shape index (κ1) is 15.7. The molecule has 122 valence electrons. The van der Waals surface area contributed by atoms with Gasteiger partial charge in [-0.15, -0.1) is 0 Å². The Labute approximate surface area is 136 Å². The van der Waals surface area contributed by atoms with Crippen LogP contribution in [-0.2, 0) is 11.2 Å². The summed E-state index contributed by atoms with van der Waals surface area (Å²) >= 11 is 0. The summed E-state index contributed by atoms with van der Waals surface area (Å²) < 4.78 is 11.2. The highest BCUT2D eigenvalue weighted by atomic mass is 16.5. The third kappa shape index (κ3) is 2.88. The van der Waals surface area contributed by atoms with E-state index in [1.807, 2.05) is 45.0 Å². The van der Waals surface area contributed by atoms with Crippen LogP contribution in [0.1, 0.15) is 47.5 Å². The molecule has 0 bridgehead atoms. The van der Waals surface area contributed by atoms with Crippen molar-refractivity contribution in [3.05, 3.63) is 47.2 Å². The van der Waals surface area contributed by atoms with Crippen molar-refractivity contribution in [2.75, 3.05) is 18.6 Å². The van der Waals surface area contributed by atoms with Gasteiger partial charge in [-0.25, -0.2) is 4.98 Å². The molecule has 0 radical (unpaired) electrons. The highest BCUT2D eigenvalue weighted by Gasteiger charge is 2.32. The molecule has 1 amide bonds. The van der Waals surface area contributed by atoms with Gasteiger partial charge in [0.05, 0.1) is 18.3 Å². The first-order chi connectivity index (χ1) is 11.0. The van der Waals surface area contributed by atoms with Crippen molar-refractivity contribution in [1.29, 1.82) is 0 Å². The fraction of sp³-hybridized carbons (Fsp3) is 0.444. The molecular formula is C18H22N2O3. The zero-order valence-corrected chi connectivity index (χ0v) is 14.0. The SMILES string of the molecule is CO[C@@H]1Cc2ccccc2N(C(=O)c2oc(C(C)C)nc2C)C1. The molecule has 0 N–H and O–H groups in total. The Morgan fingerprint density at radius 1 is 1.39 bits per heavy atom. The number of carbonyl (C=O) groups is 1. The van der Waals surface area contributed by atoms with Crippen LogP contribution in [0.5, 0.6) is 0 Å². The lowest BCUT2D eigenvalue weighted by Gasteiger charge is -2.33. The second-order valence-electron chi connectivity index (χ2n) is 6.23. The van der Waals surface area contributed by atoms with Crippen LogP contribution in [0.25, 0.3) is 0 Å². The van der Waals surface area contributed by atoms with Crippen LogP contribution in [-0.4, -0.2) is 30.6 Å². The molecule has 0 spiro atoms. The highest BCUT2D eigenvalue weighted by Crippen LogP contribution is 2.30. The second-order valence-corrected chi connectivity index (χ2v) is 6.23. The molecule has 1 aliphatic heterocycles. The number of hydrogen-bond donors (Lipinski definition) is 0. The number of amides is 1. The van der Waals surface area contributed by atoms with E-state index < -0.39 is 0 Å². The number of fused-ring (bicyclic) bond motifs is 1. The van der Waals surface area contributed by atoms with Gasteiger partial charge in [-0.1, -0.05) is 32.0 Å². The normalized spacial score (nSPS) is 17.4. The summed E-state index contributed by atoms with van der Waals surface area (Å²) in [5, 5.41) is 0. The van der Waals surface area contributed by atoms with E-state index in [-0.39, 0.29) is 17.9 Å². The summed E-state index contributed by atoms with van der Waals surface area (Å²) in [4.78, 5) is 19.1. The number of aryl methyl sites for hydroxylation is 1. The number of hydrogen-bond acceptors (Lipinski definition) is 4. The van der Waals surface area contributed by atoms with Crippen LogP contribution >= 0.6 is 0 Å². The average Bonchev–Trinajstić information content (AvgIpc) is 2.95. The number of anilines is 1. The second kappa shape index (κ2) is 6.16. The minimum Gasteiger partial charge on any atom is -0.435 e. The Kier molecular flexibility index (Phi) is 4.22. The van der Waals surface area contributed by atoms with E-state index in [1.54, 1.807) is 12.0 Å². The number of methoxy groups -OCH3 is 1. The molecule has 0 saturated heterocycles. The molecular weight excluding hydrogens is 292 g/mol. The molecule has 23 heavy (non-hydrogen) atoms. The summed E-state index contributed by atoms with van der Waals surface area (Å²) in [5.74, 6) is 0.909. The fourth-order valence-electron chi connectivity index (χ4n) is 2.89. The predicted octanol–water partition coefficient (Wildman–Crippen LogP) is 3.32. The lowest BCUT2D eigenvalue weighted by Crippen LogP contribution is -2.43. The van der Waals surface area contributed by atoms with Gasteiger partial charge in [0.2, 0.25) is 5.76 Å². The molecule has 1 aromatic carbocycles. The van der Waals surface area contributed by atoms with Crippen LogP contribution in [0.4, 0.5) is 5.69 Å². The number of ether oxygens (including phenoxy) is 1. The van der Waals surface area contributed by atoms with Crippen molar-refractivity contribution >= 4 is 11.6 Å². The number of nitrogens with zero attached hydrogens (tertiary/aromatic N) is 2. The Balaban J connectivity index is 1.98. The van der Waals surface area contributed by atoms with Crippen molar-refractivity contribution in [1.82, 2.24) is 4.98 Å². The number of oxazole rings is 1. The van der Waals surface area contributed by atoms with Gasteiger partial charge >= 0.3 is 0 Å². The van der Waals surface area contributed by atoms with E-state index >= 15 is 0 Å². The van der Waals surface area contributed by atoms with Crippen molar-refractivity contribution in [2.24, 2.45) is 0 Å². The van der Waals surface area contributed by atoms with Crippen LogP contribution < -0.4 is 4.90 Å². The lowest BCUT2D eigenvalue weighted by atomic mass is 9.99. The molecule has 0 unspecified atom stereocenters. The van der Waals surface area contributed by atoms with E-state index in [0.29, 0.717) is 23.9 Å². The molecule has 0 fully saturated rings. The molecule has 5 heteroatoms. The topological polar surface area (TPSA) is 55.6 Å². The Hall–Kier alpha value is -2.14. The van der Waals surface area contributed by atoms with Gasteiger partial charge in [-0.05, 0) is 18.6 Å². The summed E-state index contributed by atoms with van der Waals surface area (Å²) in [6.45, 7) is 6.32. The molecule has 0 aliphatic carbocycles. The Morgan fingerprint density at radius 2 is 2.13 bits per heavy atom. The minimum absolute atomic E-state index is 0.0124. The maximum atomic E-state index is 13.0. The van der Waals surface area contributed by atoms with Crippen molar-refractivity contribution in [2.45, 2.75) is 39.2 Å². The number of rotatable bonds is 3. The number of para-hydroxylation sites is 1. The Morgan fingerprint density at radius 3 is 2.78 bits per heavy atom. The van der Waals surface area contributed by atoms with E-state index in [9.17, 15) is 4.79 Å². The molecule has 3 rings (SSSR count). The summed E-state index contributed by atoms with van der Waals surface area (Å²) in [5.41, 5.74) is 2.67. The number of carbonyl (C=O) groups excluding carboxylic acids is 1. The van der Waals surface area contributed by atoms with Crippen molar-refractivity contribution in [3.8, 4) is 0 Å². The van der Waals surface area contributed by atoms with Crippen LogP contribution in [0.2, 0.25) is 0 Å². The van der Waals surface area contributed by atoms with Gasteiger partial charge in [0.1, 0.15) is 0 Å². The van der Waals surface area contributed by atoms with Gasteiger partial charge in [0.15, 0.2) is 5.89 Å². The third-order valence-electron chi connectivity index (χ3n) is 4.20. The minimum atomic E-state index is -0.156. The molecule has 1 aromatic heterocycles. The van der Waals surface area contributed by atoms with Crippen molar-refractivity contribution in [3.63, 3.8) is 0 Å². The summed E-state index contributed by atoms with van der Waals surface area (Å²) in [6.07, 6.45) is 0.796. The number of benzene rings is 1. The van der Waals surface area contributed by atoms with Crippen molar-refractivity contribution < 1.29 is 13.9 Å². The number of aromatic nitrogens is 1. The van der Waals surface area contributed by atoms with Crippen LogP contribution in [0.3, 0.4) is 0 Å². The summed E-state index contributed by atoms with van der Waals surface area (Å²) in [6, 6.07) is 7.93. The zero-order valence-electron chi connectivity index (χ0n) is 14.0. The molecule has 1 aliphatic rings. The summed E-state index contributed by atoms with van der Waals surface area (Å²) in [7, 11) is 1.68. The smallest absolute Gasteiger partial charge is 0.296 e. The van der Waals surface area contributed by atoms with Gasteiger partial charge in [-0.2, -0.15) is 0 Å². The van der Waals surface area contributed by atoms with Gasteiger partial charge in [0, 0.05) is 25.1 Å². The molecule has 1 atom stereocenters. The van der Waals surface area contributed by atoms with Gasteiger partial charge < -0.3 is 14.1 Å². The monoisotopic (exact) mass is 314 g/mol. The fourth-order valence-corrected chi connectivity index (χ4v) is 2.89. The Bertz CT molecular complexity index is 721. The highest BCUT2D eigenvalue weighted by molar-refractivity contribution is 6.05. The molecule has 5 nitrogen and oxygen atoms in total. The maximum Gasteiger partial charge on any atom is 0.296 e. The van der Waals surface area contributed by atoms with Gasteiger partial charge in [0.25, 0.3) is 5.91 Å². The largest absolute Gasteiger partial charge is 0.435 e. The first-order valence-electron chi connectivity index (χ1n) is 7.91.